The van der Waals surface area contributed by atoms with Crippen molar-refractivity contribution in [3.8, 4) is 5.75 Å². The van der Waals surface area contributed by atoms with Gasteiger partial charge in [0.1, 0.15) is 5.75 Å². The SMILES string of the molecule is CCOc1ccc(NC(=O)C=Cc2ccccc2[N+](=O)[O-])cc1. The minimum absolute atomic E-state index is 0.0439. The summed E-state index contributed by atoms with van der Waals surface area (Å²) in [5.41, 5.74) is 0.947. The Balaban J connectivity index is 2.03. The third kappa shape index (κ3) is 4.67. The van der Waals surface area contributed by atoms with Crippen LogP contribution in [0.3, 0.4) is 0 Å². The fraction of sp³-hybridized carbons (Fsp3) is 0.118. The second-order valence-electron chi connectivity index (χ2n) is 4.60. The van der Waals surface area contributed by atoms with Gasteiger partial charge in [0, 0.05) is 17.8 Å². The molecule has 6 heteroatoms. The first-order valence-electron chi connectivity index (χ1n) is 7.05. The predicted molar refractivity (Wildman–Crippen MR) is 88.4 cm³/mol. The Bertz CT molecular complexity index is 724. The molecule has 0 saturated heterocycles. The standard InChI is InChI=1S/C17H16N2O4/c1-2-23-15-10-8-14(9-11-15)18-17(20)12-7-13-5-3-4-6-16(13)19(21)22/h3-12H,2H2,1H3,(H,18,20). The Morgan fingerprint density at radius 1 is 1.22 bits per heavy atom. The maximum Gasteiger partial charge on any atom is 0.276 e. The Morgan fingerprint density at radius 2 is 1.91 bits per heavy atom. The largest absolute Gasteiger partial charge is 0.494 e. The second kappa shape index (κ2) is 7.74. The summed E-state index contributed by atoms with van der Waals surface area (Å²) in [6, 6.07) is 13.2. The van der Waals surface area contributed by atoms with Crippen molar-refractivity contribution >= 4 is 23.4 Å². The highest BCUT2D eigenvalue weighted by Gasteiger charge is 2.09. The van der Waals surface area contributed by atoms with Crippen LogP contribution in [0.2, 0.25) is 0 Å². The number of anilines is 1. The molecule has 2 aromatic carbocycles. The number of amides is 1. The van der Waals surface area contributed by atoms with Crippen LogP contribution in [0.4, 0.5) is 11.4 Å². The Morgan fingerprint density at radius 3 is 2.57 bits per heavy atom. The van der Waals surface area contributed by atoms with Crippen LogP contribution in [-0.2, 0) is 4.79 Å². The van der Waals surface area contributed by atoms with Crippen molar-refractivity contribution in [3.63, 3.8) is 0 Å². The third-order valence-corrected chi connectivity index (χ3v) is 2.98. The average Bonchev–Trinajstić information content (AvgIpc) is 2.55. The number of rotatable bonds is 6. The minimum Gasteiger partial charge on any atom is -0.494 e. The number of para-hydroxylation sites is 1. The van der Waals surface area contributed by atoms with E-state index in [0.717, 1.165) is 5.75 Å². The van der Waals surface area contributed by atoms with Gasteiger partial charge in [0.05, 0.1) is 17.1 Å². The van der Waals surface area contributed by atoms with Gasteiger partial charge in [-0.3, -0.25) is 14.9 Å². The van der Waals surface area contributed by atoms with Gasteiger partial charge in [0.2, 0.25) is 5.91 Å². The lowest BCUT2D eigenvalue weighted by Gasteiger charge is -2.05. The number of nitro benzene ring substituents is 1. The number of hydrogen-bond acceptors (Lipinski definition) is 4. The summed E-state index contributed by atoms with van der Waals surface area (Å²) in [6.45, 7) is 2.47. The van der Waals surface area contributed by atoms with Crippen molar-refractivity contribution in [1.29, 1.82) is 0 Å². The lowest BCUT2D eigenvalue weighted by molar-refractivity contribution is -0.385. The highest BCUT2D eigenvalue weighted by Crippen LogP contribution is 2.19. The molecule has 0 aliphatic heterocycles. The van der Waals surface area contributed by atoms with E-state index in [0.29, 0.717) is 17.9 Å². The van der Waals surface area contributed by atoms with Crippen LogP contribution in [0.25, 0.3) is 6.08 Å². The Kier molecular flexibility index (Phi) is 5.46. The van der Waals surface area contributed by atoms with Crippen LogP contribution in [0.1, 0.15) is 12.5 Å². The lowest BCUT2D eigenvalue weighted by atomic mass is 10.1. The third-order valence-electron chi connectivity index (χ3n) is 2.98. The van der Waals surface area contributed by atoms with Gasteiger partial charge < -0.3 is 10.1 Å². The quantitative estimate of drug-likeness (QED) is 0.501. The predicted octanol–water partition coefficient (Wildman–Crippen LogP) is 3.65. The maximum atomic E-state index is 11.9. The molecule has 118 valence electrons. The fourth-order valence-electron chi connectivity index (χ4n) is 1.95. The highest BCUT2D eigenvalue weighted by molar-refractivity contribution is 6.02. The van der Waals surface area contributed by atoms with Gasteiger partial charge in [-0.1, -0.05) is 12.1 Å². The Labute approximate surface area is 133 Å². The number of nitrogens with zero attached hydrogens (tertiary/aromatic N) is 1. The molecule has 0 radical (unpaired) electrons. The molecule has 0 aliphatic carbocycles. The molecule has 0 bridgehead atoms. The molecular weight excluding hydrogens is 296 g/mol. The van der Waals surface area contributed by atoms with Gasteiger partial charge in [-0.15, -0.1) is 0 Å². The molecule has 1 amide bonds. The minimum atomic E-state index is -0.482. The van der Waals surface area contributed by atoms with Crippen LogP contribution < -0.4 is 10.1 Å². The van der Waals surface area contributed by atoms with E-state index in [2.05, 4.69) is 5.32 Å². The smallest absolute Gasteiger partial charge is 0.276 e. The summed E-state index contributed by atoms with van der Waals surface area (Å²) < 4.78 is 5.32. The van der Waals surface area contributed by atoms with E-state index >= 15 is 0 Å². The van der Waals surface area contributed by atoms with Gasteiger partial charge in [0.15, 0.2) is 0 Å². The van der Waals surface area contributed by atoms with E-state index in [1.54, 1.807) is 42.5 Å². The number of benzene rings is 2. The molecule has 0 aliphatic rings. The zero-order valence-corrected chi connectivity index (χ0v) is 12.6. The molecular formula is C17H16N2O4. The summed E-state index contributed by atoms with van der Waals surface area (Å²) >= 11 is 0. The van der Waals surface area contributed by atoms with E-state index in [9.17, 15) is 14.9 Å². The average molecular weight is 312 g/mol. The molecule has 0 aromatic heterocycles. The summed E-state index contributed by atoms with van der Waals surface area (Å²) in [5.74, 6) is 0.355. The molecule has 0 spiro atoms. The van der Waals surface area contributed by atoms with Gasteiger partial charge in [-0.05, 0) is 43.3 Å². The molecule has 23 heavy (non-hydrogen) atoms. The number of nitro groups is 1. The number of carbonyl (C=O) groups is 1. The summed E-state index contributed by atoms with van der Waals surface area (Å²) in [7, 11) is 0. The Hall–Kier alpha value is -3.15. The van der Waals surface area contributed by atoms with Crippen molar-refractivity contribution in [2.75, 3.05) is 11.9 Å². The van der Waals surface area contributed by atoms with Crippen LogP contribution in [0, 0.1) is 10.1 Å². The molecule has 0 saturated carbocycles. The van der Waals surface area contributed by atoms with Gasteiger partial charge >= 0.3 is 0 Å². The van der Waals surface area contributed by atoms with Crippen molar-refractivity contribution in [3.05, 3.63) is 70.3 Å². The first kappa shape index (κ1) is 16.2. The van der Waals surface area contributed by atoms with Crippen molar-refractivity contribution in [1.82, 2.24) is 0 Å². The van der Waals surface area contributed by atoms with E-state index in [1.807, 2.05) is 6.92 Å². The van der Waals surface area contributed by atoms with Gasteiger partial charge in [-0.25, -0.2) is 0 Å². The van der Waals surface area contributed by atoms with E-state index in [1.165, 1.54) is 18.2 Å². The van der Waals surface area contributed by atoms with E-state index in [4.69, 9.17) is 4.74 Å². The number of ether oxygens (including phenoxy) is 1. The molecule has 1 N–H and O–H groups in total. The molecule has 0 atom stereocenters. The van der Waals surface area contributed by atoms with E-state index in [-0.39, 0.29) is 11.6 Å². The monoisotopic (exact) mass is 312 g/mol. The fourth-order valence-corrected chi connectivity index (χ4v) is 1.95. The number of nitrogens with one attached hydrogen (secondary N) is 1. The summed E-state index contributed by atoms with van der Waals surface area (Å²) in [5, 5.41) is 13.6. The second-order valence-corrected chi connectivity index (χ2v) is 4.60. The summed E-state index contributed by atoms with van der Waals surface area (Å²) in [4.78, 5) is 22.3. The van der Waals surface area contributed by atoms with Crippen molar-refractivity contribution < 1.29 is 14.5 Å². The van der Waals surface area contributed by atoms with Crippen molar-refractivity contribution in [2.45, 2.75) is 6.92 Å². The van der Waals surface area contributed by atoms with Crippen molar-refractivity contribution in [2.24, 2.45) is 0 Å². The summed E-state index contributed by atoms with van der Waals surface area (Å²) in [6.07, 6.45) is 2.68. The number of hydrogen-bond donors (Lipinski definition) is 1. The van der Waals surface area contributed by atoms with Crippen LogP contribution in [0.5, 0.6) is 5.75 Å². The van der Waals surface area contributed by atoms with Crippen LogP contribution >= 0.6 is 0 Å². The lowest BCUT2D eigenvalue weighted by Crippen LogP contribution is -2.07. The zero-order chi connectivity index (χ0) is 16.7. The molecule has 0 fully saturated rings. The first-order valence-corrected chi connectivity index (χ1v) is 7.05. The molecule has 6 nitrogen and oxygen atoms in total. The van der Waals surface area contributed by atoms with Crippen LogP contribution in [0.15, 0.2) is 54.6 Å². The van der Waals surface area contributed by atoms with Gasteiger partial charge in [0.25, 0.3) is 5.69 Å². The van der Waals surface area contributed by atoms with E-state index < -0.39 is 4.92 Å². The highest BCUT2D eigenvalue weighted by atomic mass is 16.6. The number of carbonyl (C=O) groups excluding carboxylic acids is 1. The first-order chi connectivity index (χ1) is 11.1. The zero-order valence-electron chi connectivity index (χ0n) is 12.6. The topological polar surface area (TPSA) is 81.5 Å². The molecule has 2 rings (SSSR count). The molecule has 0 heterocycles. The normalized spacial score (nSPS) is 10.5. The van der Waals surface area contributed by atoms with Gasteiger partial charge in [-0.2, -0.15) is 0 Å². The molecule has 0 unspecified atom stereocenters. The van der Waals surface area contributed by atoms with Crippen LogP contribution in [-0.4, -0.2) is 17.4 Å². The molecule has 2 aromatic rings. The maximum absolute atomic E-state index is 11.9.